The van der Waals surface area contributed by atoms with Crippen molar-refractivity contribution in [3.8, 4) is 11.5 Å². The SMILES string of the molecule is COc1ccc2c(c1)SC(CCCN1CCN(c3ccccc3)CC1)(C(=O)O)C(O)CO2. The van der Waals surface area contributed by atoms with Crippen molar-refractivity contribution < 1.29 is 24.5 Å². The van der Waals surface area contributed by atoms with Crippen LogP contribution in [0.1, 0.15) is 12.8 Å². The van der Waals surface area contributed by atoms with Crippen LogP contribution < -0.4 is 14.4 Å². The molecule has 2 heterocycles. The van der Waals surface area contributed by atoms with E-state index in [2.05, 4.69) is 34.1 Å². The number of benzene rings is 2. The lowest BCUT2D eigenvalue weighted by Gasteiger charge is -2.37. The summed E-state index contributed by atoms with van der Waals surface area (Å²) in [7, 11) is 1.57. The largest absolute Gasteiger partial charge is 0.497 e. The van der Waals surface area contributed by atoms with Crippen molar-refractivity contribution >= 4 is 23.4 Å². The van der Waals surface area contributed by atoms with Gasteiger partial charge in [-0.2, -0.15) is 0 Å². The predicted molar refractivity (Wildman–Crippen MR) is 125 cm³/mol. The molecule has 2 unspecified atom stereocenters. The third-order valence-corrected chi connectivity index (χ3v) is 7.81. The number of piperazine rings is 1. The molecule has 0 amide bonds. The van der Waals surface area contributed by atoms with Gasteiger partial charge in [0.15, 0.2) is 0 Å². The Morgan fingerprint density at radius 3 is 2.62 bits per heavy atom. The number of nitrogens with zero attached hydrogens (tertiary/aromatic N) is 2. The van der Waals surface area contributed by atoms with Crippen molar-refractivity contribution in [2.24, 2.45) is 0 Å². The summed E-state index contributed by atoms with van der Waals surface area (Å²) in [5.74, 6) is 0.199. The van der Waals surface area contributed by atoms with Gasteiger partial charge in [0, 0.05) is 31.9 Å². The van der Waals surface area contributed by atoms with E-state index in [9.17, 15) is 15.0 Å². The number of para-hydroxylation sites is 1. The zero-order valence-corrected chi connectivity index (χ0v) is 19.1. The number of anilines is 1. The number of carboxylic acids is 1. The molecule has 2 aliphatic rings. The Labute approximate surface area is 192 Å². The second kappa shape index (κ2) is 10.0. The van der Waals surface area contributed by atoms with Gasteiger partial charge in [0.25, 0.3) is 0 Å². The first-order valence-electron chi connectivity index (χ1n) is 11.0. The molecule has 0 aliphatic carbocycles. The molecule has 7 nitrogen and oxygen atoms in total. The van der Waals surface area contributed by atoms with Gasteiger partial charge in [-0.05, 0) is 49.7 Å². The Balaban J connectivity index is 1.38. The maximum atomic E-state index is 12.4. The summed E-state index contributed by atoms with van der Waals surface area (Å²) in [6, 6.07) is 15.7. The average molecular weight is 459 g/mol. The standard InChI is InChI=1S/C24H30N2O5S/c1-30-19-8-9-20-21(16-19)32-24(23(28)29,22(27)17-31-20)10-5-11-25-12-14-26(15-13-25)18-6-3-2-4-7-18/h2-4,6-9,16,22,27H,5,10-15,17H2,1H3,(H,28,29). The summed E-state index contributed by atoms with van der Waals surface area (Å²) >= 11 is 1.17. The number of fused-ring (bicyclic) bond motifs is 1. The zero-order chi connectivity index (χ0) is 22.6. The molecule has 0 bridgehead atoms. The molecule has 172 valence electrons. The fraction of sp³-hybridized carbons (Fsp3) is 0.458. The molecule has 1 saturated heterocycles. The summed E-state index contributed by atoms with van der Waals surface area (Å²) in [5.41, 5.74) is 1.24. The number of hydrogen-bond acceptors (Lipinski definition) is 7. The van der Waals surface area contributed by atoms with E-state index in [4.69, 9.17) is 9.47 Å². The molecule has 2 aromatic carbocycles. The maximum Gasteiger partial charge on any atom is 0.322 e. The van der Waals surface area contributed by atoms with E-state index in [1.165, 1.54) is 17.4 Å². The minimum absolute atomic E-state index is 0.0472. The molecule has 2 N–H and O–H groups in total. The molecule has 4 rings (SSSR count). The molecular formula is C24H30N2O5S. The Morgan fingerprint density at radius 1 is 1.19 bits per heavy atom. The van der Waals surface area contributed by atoms with Gasteiger partial charge in [-0.25, -0.2) is 0 Å². The van der Waals surface area contributed by atoms with Crippen molar-refractivity contribution in [3.63, 3.8) is 0 Å². The molecule has 2 aromatic rings. The number of rotatable bonds is 7. The number of hydrogen-bond donors (Lipinski definition) is 2. The lowest BCUT2D eigenvalue weighted by atomic mass is 9.95. The fourth-order valence-corrected chi connectivity index (χ4v) is 5.66. The average Bonchev–Trinajstić information content (AvgIpc) is 2.96. The summed E-state index contributed by atoms with van der Waals surface area (Å²) in [5, 5.41) is 20.9. The number of aliphatic carboxylic acids is 1. The summed E-state index contributed by atoms with van der Waals surface area (Å²) in [6.07, 6.45) is -0.0769. The van der Waals surface area contributed by atoms with Gasteiger partial charge in [-0.3, -0.25) is 9.69 Å². The van der Waals surface area contributed by atoms with Crippen LogP contribution in [0.3, 0.4) is 0 Å². The minimum atomic E-state index is -1.36. The van der Waals surface area contributed by atoms with Crippen LogP contribution in [0.15, 0.2) is 53.4 Å². The number of carbonyl (C=O) groups is 1. The van der Waals surface area contributed by atoms with E-state index in [1.807, 2.05) is 6.07 Å². The van der Waals surface area contributed by atoms with E-state index in [0.717, 1.165) is 32.7 Å². The topological polar surface area (TPSA) is 82.5 Å². The van der Waals surface area contributed by atoms with Crippen LogP contribution >= 0.6 is 11.8 Å². The Hall–Kier alpha value is -2.42. The maximum absolute atomic E-state index is 12.4. The van der Waals surface area contributed by atoms with E-state index in [-0.39, 0.29) is 6.61 Å². The molecule has 1 fully saturated rings. The second-order valence-corrected chi connectivity index (χ2v) is 9.58. The molecule has 2 atom stereocenters. The first-order valence-corrected chi connectivity index (χ1v) is 11.8. The molecule has 2 aliphatic heterocycles. The van der Waals surface area contributed by atoms with Gasteiger partial charge in [-0.15, -0.1) is 11.8 Å². The van der Waals surface area contributed by atoms with Crippen LogP contribution in [-0.2, 0) is 4.79 Å². The molecule has 0 saturated carbocycles. The normalized spacial score (nSPS) is 23.7. The minimum Gasteiger partial charge on any atom is -0.497 e. The van der Waals surface area contributed by atoms with Crippen LogP contribution in [0.4, 0.5) is 5.69 Å². The van der Waals surface area contributed by atoms with E-state index >= 15 is 0 Å². The van der Waals surface area contributed by atoms with E-state index < -0.39 is 16.8 Å². The lowest BCUT2D eigenvalue weighted by molar-refractivity contribution is -0.144. The quantitative estimate of drug-likeness (QED) is 0.655. The third kappa shape index (κ3) is 4.82. The number of methoxy groups -OCH3 is 1. The van der Waals surface area contributed by atoms with E-state index in [0.29, 0.717) is 29.2 Å². The van der Waals surface area contributed by atoms with Crippen LogP contribution in [0.2, 0.25) is 0 Å². The molecule has 0 aromatic heterocycles. The summed E-state index contributed by atoms with van der Waals surface area (Å²) < 4.78 is 9.64. The highest BCUT2D eigenvalue weighted by molar-refractivity contribution is 8.01. The highest BCUT2D eigenvalue weighted by Crippen LogP contribution is 2.47. The molecule has 8 heteroatoms. The molecule has 0 radical (unpaired) electrons. The monoisotopic (exact) mass is 458 g/mol. The number of aliphatic hydroxyl groups excluding tert-OH is 1. The number of ether oxygens (including phenoxy) is 2. The van der Waals surface area contributed by atoms with Gasteiger partial charge in [-0.1, -0.05) is 18.2 Å². The van der Waals surface area contributed by atoms with Gasteiger partial charge in [0.2, 0.25) is 0 Å². The highest BCUT2D eigenvalue weighted by atomic mass is 32.2. The van der Waals surface area contributed by atoms with E-state index in [1.54, 1.807) is 25.3 Å². The Morgan fingerprint density at radius 2 is 1.94 bits per heavy atom. The first-order chi connectivity index (χ1) is 15.5. The predicted octanol–water partition coefficient (Wildman–Crippen LogP) is 2.97. The van der Waals surface area contributed by atoms with Gasteiger partial charge in [0.1, 0.15) is 29.0 Å². The Kier molecular flexibility index (Phi) is 7.13. The molecule has 0 spiro atoms. The van der Waals surface area contributed by atoms with Crippen LogP contribution in [-0.4, -0.2) is 78.4 Å². The third-order valence-electron chi connectivity index (χ3n) is 6.26. The van der Waals surface area contributed by atoms with Crippen molar-refractivity contribution in [1.82, 2.24) is 4.90 Å². The lowest BCUT2D eigenvalue weighted by Crippen LogP contribution is -2.50. The highest BCUT2D eigenvalue weighted by Gasteiger charge is 2.48. The summed E-state index contributed by atoms with van der Waals surface area (Å²) in [6.45, 7) is 4.53. The van der Waals surface area contributed by atoms with Gasteiger partial charge in [0.05, 0.1) is 12.0 Å². The van der Waals surface area contributed by atoms with Gasteiger partial charge >= 0.3 is 5.97 Å². The van der Waals surface area contributed by atoms with Gasteiger partial charge < -0.3 is 24.6 Å². The number of thioether (sulfide) groups is 1. The first kappa shape index (κ1) is 22.8. The fourth-order valence-electron chi connectivity index (χ4n) is 4.33. The zero-order valence-electron chi connectivity index (χ0n) is 18.3. The van der Waals surface area contributed by atoms with Crippen LogP contribution in [0, 0.1) is 0 Å². The molecular weight excluding hydrogens is 428 g/mol. The van der Waals surface area contributed by atoms with Crippen molar-refractivity contribution in [3.05, 3.63) is 48.5 Å². The van der Waals surface area contributed by atoms with Crippen molar-refractivity contribution in [2.45, 2.75) is 28.6 Å². The van der Waals surface area contributed by atoms with Crippen LogP contribution in [0.25, 0.3) is 0 Å². The van der Waals surface area contributed by atoms with Crippen molar-refractivity contribution in [1.29, 1.82) is 0 Å². The number of aliphatic hydroxyl groups is 1. The molecule has 32 heavy (non-hydrogen) atoms. The smallest absolute Gasteiger partial charge is 0.322 e. The second-order valence-electron chi connectivity index (χ2n) is 8.20. The Bertz CT molecular complexity index is 920. The van der Waals surface area contributed by atoms with Crippen molar-refractivity contribution in [2.75, 3.05) is 51.3 Å². The van der Waals surface area contributed by atoms with Crippen LogP contribution in [0.5, 0.6) is 11.5 Å². The summed E-state index contributed by atoms with van der Waals surface area (Å²) in [4.78, 5) is 17.8. The number of carboxylic acid groups (broad SMARTS) is 1.